The van der Waals surface area contributed by atoms with Crippen molar-refractivity contribution in [2.45, 2.75) is 57.0 Å². The number of phosphoric acid groups is 1. The molecule has 204 valence electrons. The Hall–Kier alpha value is -2.11. The fourth-order valence-electron chi connectivity index (χ4n) is 4.27. The highest BCUT2D eigenvalue weighted by Crippen LogP contribution is 2.36. The molecule has 0 amide bonds. The Bertz CT molecular complexity index is 1130. The van der Waals surface area contributed by atoms with Crippen molar-refractivity contribution in [3.8, 4) is 0 Å². The Kier molecular flexibility index (Phi) is 11.3. The van der Waals surface area contributed by atoms with Crippen molar-refractivity contribution < 1.29 is 36.8 Å². The first-order valence-corrected chi connectivity index (χ1v) is 15.3. The predicted octanol–water partition coefficient (Wildman–Crippen LogP) is 2.96. The lowest BCUT2D eigenvalue weighted by Crippen LogP contribution is -2.55. The molecular formula is C25H35N2O8PS. The van der Waals surface area contributed by atoms with E-state index >= 15 is 0 Å². The van der Waals surface area contributed by atoms with Crippen molar-refractivity contribution in [1.29, 1.82) is 0 Å². The number of benzene rings is 2. The molecule has 12 heteroatoms. The molecule has 1 aliphatic rings. The first-order valence-electron chi connectivity index (χ1n) is 12.4. The molecule has 2 aromatic carbocycles. The quantitative estimate of drug-likeness (QED) is 0.184. The number of piperidine rings is 1. The summed E-state index contributed by atoms with van der Waals surface area (Å²) in [5, 5.41) is 0. The normalized spacial score (nSPS) is 17.8. The number of aryl methyl sites for hydroxylation is 1. The predicted molar refractivity (Wildman–Crippen MR) is 139 cm³/mol. The first-order chi connectivity index (χ1) is 17.6. The van der Waals surface area contributed by atoms with Gasteiger partial charge in [-0.05, 0) is 56.1 Å². The van der Waals surface area contributed by atoms with Crippen LogP contribution in [-0.4, -0.2) is 60.3 Å². The maximum Gasteiger partial charge on any atom is 0.469 e. The van der Waals surface area contributed by atoms with E-state index in [-0.39, 0.29) is 19.6 Å². The molecule has 2 atom stereocenters. The van der Waals surface area contributed by atoms with Gasteiger partial charge < -0.3 is 14.5 Å². The zero-order valence-electron chi connectivity index (χ0n) is 20.6. The van der Waals surface area contributed by atoms with Crippen LogP contribution in [0.15, 0.2) is 60.7 Å². The second-order valence-corrected chi connectivity index (χ2v) is 11.9. The van der Waals surface area contributed by atoms with E-state index in [1.807, 2.05) is 30.3 Å². The standard InChI is InChI=1S/C25H35N2O8PS/c28-25(34-18-10-8-13-21-11-3-1-4-12-21)24-16-7-9-17-27(24)37(32,33)26-23(20-35-36(29,30)31)19-22-14-5-2-6-15-22/h1-6,11-12,14-15,23-24,26H,7-10,13,16-20H2,(H2,29,30,31)/t23-,24+/m1/s1. The number of rotatable bonds is 14. The van der Waals surface area contributed by atoms with E-state index in [4.69, 9.17) is 14.5 Å². The number of nitrogens with one attached hydrogen (secondary N) is 1. The number of hydrogen-bond acceptors (Lipinski definition) is 6. The first kappa shape index (κ1) is 29.4. The highest BCUT2D eigenvalue weighted by molar-refractivity contribution is 7.87. The Balaban J connectivity index is 1.59. The van der Waals surface area contributed by atoms with Gasteiger partial charge >= 0.3 is 13.8 Å². The number of esters is 1. The van der Waals surface area contributed by atoms with Gasteiger partial charge in [-0.2, -0.15) is 17.4 Å². The van der Waals surface area contributed by atoms with Crippen LogP contribution in [0.5, 0.6) is 0 Å². The van der Waals surface area contributed by atoms with Crippen LogP contribution in [0.25, 0.3) is 0 Å². The van der Waals surface area contributed by atoms with Gasteiger partial charge in [-0.1, -0.05) is 60.7 Å². The number of carbonyl (C=O) groups is 1. The largest absolute Gasteiger partial charge is 0.469 e. The van der Waals surface area contributed by atoms with Crippen LogP contribution in [0, 0.1) is 0 Å². The summed E-state index contributed by atoms with van der Waals surface area (Å²) in [7, 11) is -9.00. The third-order valence-corrected chi connectivity index (χ3v) is 8.24. The third kappa shape index (κ3) is 10.3. The Labute approximate surface area is 218 Å². The molecule has 10 nitrogen and oxygen atoms in total. The molecule has 0 spiro atoms. The van der Waals surface area contributed by atoms with Gasteiger partial charge in [0.25, 0.3) is 10.2 Å². The lowest BCUT2D eigenvalue weighted by molar-refractivity contribution is -0.149. The summed E-state index contributed by atoms with van der Waals surface area (Å²) in [6.07, 6.45) is 4.13. The van der Waals surface area contributed by atoms with E-state index in [2.05, 4.69) is 9.25 Å². The Morgan fingerprint density at radius 1 is 1.03 bits per heavy atom. The number of carbonyl (C=O) groups excluding carboxylic acids is 1. The van der Waals surface area contributed by atoms with E-state index in [9.17, 15) is 17.8 Å². The average molecular weight is 555 g/mol. The van der Waals surface area contributed by atoms with E-state index < -0.39 is 42.7 Å². The van der Waals surface area contributed by atoms with Crippen LogP contribution in [0.2, 0.25) is 0 Å². The summed E-state index contributed by atoms with van der Waals surface area (Å²) in [6, 6.07) is 17.0. The van der Waals surface area contributed by atoms with Gasteiger partial charge in [0.05, 0.1) is 19.3 Å². The van der Waals surface area contributed by atoms with Gasteiger partial charge in [-0.25, -0.2) is 4.57 Å². The fourth-order valence-corrected chi connectivity index (χ4v) is 6.25. The van der Waals surface area contributed by atoms with Gasteiger partial charge in [-0.15, -0.1) is 0 Å². The van der Waals surface area contributed by atoms with Gasteiger partial charge in [0, 0.05) is 6.54 Å². The van der Waals surface area contributed by atoms with Gasteiger partial charge in [0.1, 0.15) is 6.04 Å². The minimum Gasteiger partial charge on any atom is -0.464 e. The minimum absolute atomic E-state index is 0.139. The molecule has 1 saturated heterocycles. The summed E-state index contributed by atoms with van der Waals surface area (Å²) in [4.78, 5) is 31.1. The minimum atomic E-state index is -4.81. The van der Waals surface area contributed by atoms with Crippen LogP contribution in [0.4, 0.5) is 0 Å². The van der Waals surface area contributed by atoms with Crippen molar-refractivity contribution in [1.82, 2.24) is 9.03 Å². The number of ether oxygens (including phenoxy) is 1. The fraction of sp³-hybridized carbons (Fsp3) is 0.480. The summed E-state index contributed by atoms with van der Waals surface area (Å²) in [5.41, 5.74) is 1.96. The van der Waals surface area contributed by atoms with Gasteiger partial charge in [0.2, 0.25) is 0 Å². The molecule has 3 N–H and O–H groups in total. The second-order valence-electron chi connectivity index (χ2n) is 9.03. The molecule has 2 aromatic rings. The molecule has 0 radical (unpaired) electrons. The van der Waals surface area contributed by atoms with E-state index in [1.165, 1.54) is 5.56 Å². The summed E-state index contributed by atoms with van der Waals surface area (Å²) < 4.78 is 51.5. The monoisotopic (exact) mass is 554 g/mol. The Morgan fingerprint density at radius 3 is 2.32 bits per heavy atom. The zero-order chi connectivity index (χ0) is 26.7. The molecule has 0 unspecified atom stereocenters. The van der Waals surface area contributed by atoms with Crippen molar-refractivity contribution in [3.63, 3.8) is 0 Å². The molecule has 1 fully saturated rings. The number of unbranched alkanes of at least 4 members (excludes halogenated alkanes) is 1. The van der Waals surface area contributed by atoms with Crippen molar-refractivity contribution in [2.24, 2.45) is 0 Å². The SMILES string of the molecule is O=C(OCCCCc1ccccc1)[C@@H]1CCCCN1S(=O)(=O)N[C@@H](COP(=O)(O)O)Cc1ccccc1. The van der Waals surface area contributed by atoms with Gasteiger partial charge in [-0.3, -0.25) is 9.32 Å². The van der Waals surface area contributed by atoms with E-state index in [0.29, 0.717) is 25.7 Å². The number of hydrogen-bond donors (Lipinski definition) is 3. The second kappa shape index (κ2) is 14.2. The maximum absolute atomic E-state index is 13.3. The summed E-state index contributed by atoms with van der Waals surface area (Å²) in [6.45, 7) is -0.195. The third-order valence-electron chi connectivity index (χ3n) is 6.07. The van der Waals surface area contributed by atoms with Crippen molar-refractivity contribution in [2.75, 3.05) is 19.8 Å². The highest BCUT2D eigenvalue weighted by Gasteiger charge is 2.39. The molecule has 0 bridgehead atoms. The maximum atomic E-state index is 13.3. The molecule has 0 saturated carbocycles. The lowest BCUT2D eigenvalue weighted by atomic mass is 10.1. The van der Waals surface area contributed by atoms with Gasteiger partial charge in [0.15, 0.2) is 0 Å². The molecular weight excluding hydrogens is 519 g/mol. The van der Waals surface area contributed by atoms with E-state index in [1.54, 1.807) is 30.3 Å². The van der Waals surface area contributed by atoms with Crippen molar-refractivity contribution in [3.05, 3.63) is 71.8 Å². The van der Waals surface area contributed by atoms with Crippen LogP contribution in [0.3, 0.4) is 0 Å². The van der Waals surface area contributed by atoms with E-state index in [0.717, 1.165) is 22.7 Å². The topological polar surface area (TPSA) is 142 Å². The van der Waals surface area contributed by atoms with Crippen LogP contribution in [0.1, 0.15) is 43.2 Å². The molecule has 3 rings (SSSR count). The van der Waals surface area contributed by atoms with Crippen LogP contribution < -0.4 is 4.72 Å². The summed E-state index contributed by atoms with van der Waals surface area (Å²) in [5.74, 6) is -0.587. The summed E-state index contributed by atoms with van der Waals surface area (Å²) >= 11 is 0. The molecule has 37 heavy (non-hydrogen) atoms. The average Bonchev–Trinajstić information content (AvgIpc) is 2.87. The molecule has 1 heterocycles. The lowest BCUT2D eigenvalue weighted by Gasteiger charge is -2.34. The van der Waals surface area contributed by atoms with Crippen LogP contribution >= 0.6 is 7.82 Å². The Morgan fingerprint density at radius 2 is 1.68 bits per heavy atom. The number of nitrogens with zero attached hydrogens (tertiary/aromatic N) is 1. The molecule has 0 aromatic heterocycles. The molecule has 1 aliphatic heterocycles. The van der Waals surface area contributed by atoms with Crippen molar-refractivity contribution >= 4 is 24.0 Å². The zero-order valence-corrected chi connectivity index (χ0v) is 22.4. The highest BCUT2D eigenvalue weighted by atomic mass is 32.2. The number of phosphoric ester groups is 1. The van der Waals surface area contributed by atoms with Crippen LogP contribution in [-0.2, 0) is 41.7 Å². The smallest absolute Gasteiger partial charge is 0.464 e. The molecule has 0 aliphatic carbocycles.